The molecule has 0 saturated heterocycles. The van der Waals surface area contributed by atoms with Crippen LogP contribution in [0.2, 0.25) is 0 Å². The minimum absolute atomic E-state index is 0.00167. The van der Waals surface area contributed by atoms with Gasteiger partial charge in [-0.3, -0.25) is 0 Å². The molecule has 1 aromatic rings. The van der Waals surface area contributed by atoms with E-state index in [1.54, 1.807) is 0 Å². The van der Waals surface area contributed by atoms with Gasteiger partial charge < -0.3 is 10.5 Å². The quantitative estimate of drug-likeness (QED) is 0.775. The summed E-state index contributed by atoms with van der Waals surface area (Å²) in [6.07, 6.45) is 2.17. The van der Waals surface area contributed by atoms with Gasteiger partial charge in [-0.25, -0.2) is 4.98 Å². The third-order valence-electron chi connectivity index (χ3n) is 1.75. The van der Waals surface area contributed by atoms with Crippen molar-refractivity contribution in [1.82, 2.24) is 9.97 Å². The fourth-order valence-corrected chi connectivity index (χ4v) is 0.818. The molecular weight excluding hydrogens is 180 g/mol. The largest absolute Gasteiger partial charge is 0.473 e. The minimum atomic E-state index is -0.00167. The smallest absolute Gasteiger partial charge is 0.253 e. The van der Waals surface area contributed by atoms with Crippen molar-refractivity contribution in [3.05, 3.63) is 11.9 Å². The number of ether oxygens (including phenoxy) is 1. The maximum atomic E-state index is 8.72. The second-order valence-electron chi connectivity index (χ2n) is 2.90. The van der Waals surface area contributed by atoms with Gasteiger partial charge in [0.05, 0.1) is 12.3 Å². The molecule has 5 heteroatoms. The molecule has 14 heavy (non-hydrogen) atoms. The monoisotopic (exact) mass is 192 g/mol. The normalized spacial score (nSPS) is 11.8. The van der Waals surface area contributed by atoms with E-state index in [-0.39, 0.29) is 23.5 Å². The van der Waals surface area contributed by atoms with Crippen LogP contribution in [-0.2, 0) is 0 Å². The minimum Gasteiger partial charge on any atom is -0.473 e. The zero-order valence-corrected chi connectivity index (χ0v) is 8.19. The van der Waals surface area contributed by atoms with Gasteiger partial charge in [-0.2, -0.15) is 10.2 Å². The second-order valence-corrected chi connectivity index (χ2v) is 2.90. The fraction of sp³-hybridized carbons (Fsp3) is 0.444. The maximum absolute atomic E-state index is 8.72. The van der Waals surface area contributed by atoms with Crippen LogP contribution in [0.3, 0.4) is 0 Å². The van der Waals surface area contributed by atoms with Gasteiger partial charge >= 0.3 is 0 Å². The topological polar surface area (TPSA) is 84.8 Å². The average molecular weight is 192 g/mol. The molecule has 0 aliphatic heterocycles. The highest BCUT2D eigenvalue weighted by Gasteiger charge is 2.10. The molecule has 0 aliphatic rings. The summed E-state index contributed by atoms with van der Waals surface area (Å²) in [5.41, 5.74) is 5.60. The molecule has 0 aliphatic carbocycles. The summed E-state index contributed by atoms with van der Waals surface area (Å²) < 4.78 is 5.39. The molecule has 5 nitrogen and oxygen atoms in total. The summed E-state index contributed by atoms with van der Waals surface area (Å²) in [6.45, 7) is 3.88. The molecule has 0 bridgehead atoms. The lowest BCUT2D eigenvalue weighted by atomic mass is 10.3. The molecule has 0 radical (unpaired) electrons. The predicted molar refractivity (Wildman–Crippen MR) is 51.5 cm³/mol. The Kier molecular flexibility index (Phi) is 3.24. The summed E-state index contributed by atoms with van der Waals surface area (Å²) >= 11 is 0. The van der Waals surface area contributed by atoms with Crippen molar-refractivity contribution in [1.29, 1.82) is 5.26 Å². The molecule has 1 heterocycles. The molecular formula is C9H12N4O. The highest BCUT2D eigenvalue weighted by molar-refractivity contribution is 5.37. The van der Waals surface area contributed by atoms with Crippen LogP contribution < -0.4 is 10.5 Å². The SMILES string of the molecule is CCC(C)Oc1nc(N)cnc1C#N. The molecule has 0 aromatic carbocycles. The number of anilines is 1. The van der Waals surface area contributed by atoms with E-state index in [1.165, 1.54) is 6.20 Å². The second kappa shape index (κ2) is 4.42. The lowest BCUT2D eigenvalue weighted by Gasteiger charge is -2.11. The van der Waals surface area contributed by atoms with Crippen LogP contribution in [0, 0.1) is 11.3 Å². The molecule has 0 amide bonds. The van der Waals surface area contributed by atoms with Gasteiger partial charge in [-0.15, -0.1) is 0 Å². The van der Waals surface area contributed by atoms with E-state index in [0.29, 0.717) is 0 Å². The van der Waals surface area contributed by atoms with Gasteiger partial charge in [-0.1, -0.05) is 6.92 Å². The summed E-state index contributed by atoms with van der Waals surface area (Å²) in [5, 5.41) is 8.72. The number of aromatic nitrogens is 2. The maximum Gasteiger partial charge on any atom is 0.253 e. The number of nitriles is 1. The van der Waals surface area contributed by atoms with Crippen LogP contribution in [0.4, 0.5) is 5.82 Å². The van der Waals surface area contributed by atoms with Gasteiger partial charge in [0, 0.05) is 0 Å². The number of rotatable bonds is 3. The first-order valence-electron chi connectivity index (χ1n) is 4.36. The Labute approximate surface area is 82.5 Å². The van der Waals surface area contributed by atoms with Crippen LogP contribution in [-0.4, -0.2) is 16.1 Å². The Hall–Kier alpha value is -1.83. The summed E-state index contributed by atoms with van der Waals surface area (Å²) in [5.74, 6) is 0.462. The Bertz CT molecular complexity index is 358. The van der Waals surface area contributed by atoms with Crippen LogP contribution in [0.25, 0.3) is 0 Å². The fourth-order valence-electron chi connectivity index (χ4n) is 0.818. The van der Waals surface area contributed by atoms with E-state index < -0.39 is 0 Å². The van der Waals surface area contributed by atoms with Crippen LogP contribution in [0.5, 0.6) is 5.88 Å². The molecule has 1 atom stereocenters. The van der Waals surface area contributed by atoms with Crippen molar-refractivity contribution >= 4 is 5.82 Å². The van der Waals surface area contributed by atoms with Crippen molar-refractivity contribution in [3.8, 4) is 11.9 Å². The van der Waals surface area contributed by atoms with Crippen LogP contribution in [0.15, 0.2) is 6.20 Å². The first-order valence-corrected chi connectivity index (χ1v) is 4.36. The van der Waals surface area contributed by atoms with E-state index in [0.717, 1.165) is 6.42 Å². The van der Waals surface area contributed by atoms with Crippen molar-refractivity contribution in [3.63, 3.8) is 0 Å². The Morgan fingerprint density at radius 3 is 3.00 bits per heavy atom. The van der Waals surface area contributed by atoms with E-state index >= 15 is 0 Å². The average Bonchev–Trinajstić information content (AvgIpc) is 2.18. The van der Waals surface area contributed by atoms with Crippen molar-refractivity contribution < 1.29 is 4.74 Å². The van der Waals surface area contributed by atoms with Gasteiger partial charge in [0.15, 0.2) is 0 Å². The Balaban J connectivity index is 2.94. The van der Waals surface area contributed by atoms with Gasteiger partial charge in [0.1, 0.15) is 11.9 Å². The third-order valence-corrected chi connectivity index (χ3v) is 1.75. The number of nitrogen functional groups attached to an aromatic ring is 1. The molecule has 0 spiro atoms. The molecule has 1 rings (SSSR count). The van der Waals surface area contributed by atoms with E-state index in [9.17, 15) is 0 Å². The first-order chi connectivity index (χ1) is 6.67. The Morgan fingerprint density at radius 2 is 2.43 bits per heavy atom. The summed E-state index contributed by atoms with van der Waals surface area (Å²) in [4.78, 5) is 7.71. The first kappa shape index (κ1) is 10.3. The van der Waals surface area contributed by atoms with Gasteiger partial charge in [-0.05, 0) is 13.3 Å². The van der Waals surface area contributed by atoms with E-state index in [1.807, 2.05) is 19.9 Å². The molecule has 1 unspecified atom stereocenters. The molecule has 74 valence electrons. The zero-order chi connectivity index (χ0) is 10.6. The standard InChI is InChI=1S/C9H12N4O/c1-3-6(2)14-9-7(4-10)12-5-8(11)13-9/h5-6H,3H2,1-2H3,(H2,11,13). The number of nitrogens with zero attached hydrogens (tertiary/aromatic N) is 3. The van der Waals surface area contributed by atoms with Gasteiger partial charge in [0.2, 0.25) is 5.69 Å². The third kappa shape index (κ3) is 2.33. The number of hydrogen-bond acceptors (Lipinski definition) is 5. The van der Waals surface area contributed by atoms with Gasteiger partial charge in [0.25, 0.3) is 5.88 Å². The van der Waals surface area contributed by atoms with Crippen molar-refractivity contribution in [2.24, 2.45) is 0 Å². The van der Waals surface area contributed by atoms with Crippen LogP contribution >= 0.6 is 0 Å². The van der Waals surface area contributed by atoms with Crippen molar-refractivity contribution in [2.45, 2.75) is 26.4 Å². The van der Waals surface area contributed by atoms with Crippen molar-refractivity contribution in [2.75, 3.05) is 5.73 Å². The Morgan fingerprint density at radius 1 is 1.71 bits per heavy atom. The zero-order valence-electron chi connectivity index (χ0n) is 8.19. The summed E-state index contributed by atoms with van der Waals surface area (Å²) in [7, 11) is 0. The number of nitrogens with two attached hydrogens (primary N) is 1. The van der Waals surface area contributed by atoms with E-state index in [2.05, 4.69) is 9.97 Å². The molecule has 2 N–H and O–H groups in total. The van der Waals surface area contributed by atoms with E-state index in [4.69, 9.17) is 15.7 Å². The molecule has 0 fully saturated rings. The van der Waals surface area contributed by atoms with Crippen LogP contribution in [0.1, 0.15) is 26.0 Å². The highest BCUT2D eigenvalue weighted by atomic mass is 16.5. The molecule has 1 aromatic heterocycles. The highest BCUT2D eigenvalue weighted by Crippen LogP contribution is 2.15. The number of hydrogen-bond donors (Lipinski definition) is 1. The lowest BCUT2D eigenvalue weighted by Crippen LogP contribution is -2.13. The molecule has 0 saturated carbocycles. The predicted octanol–water partition coefficient (Wildman–Crippen LogP) is 1.11. The summed E-state index contributed by atoms with van der Waals surface area (Å²) in [6, 6.07) is 1.90. The lowest BCUT2D eigenvalue weighted by molar-refractivity contribution is 0.207.